The van der Waals surface area contributed by atoms with Gasteiger partial charge in [-0.25, -0.2) is 0 Å². The first-order chi connectivity index (χ1) is 15.2. The Balaban J connectivity index is 1.56. The van der Waals surface area contributed by atoms with E-state index in [1.165, 1.54) is 0 Å². The first-order valence-corrected chi connectivity index (χ1v) is 10.5. The zero-order valence-corrected chi connectivity index (χ0v) is 17.9. The van der Waals surface area contributed by atoms with Crippen LogP contribution in [0.3, 0.4) is 0 Å². The molecule has 1 fully saturated rings. The maximum Gasteiger partial charge on any atom is 0.227 e. The van der Waals surface area contributed by atoms with Crippen molar-refractivity contribution in [3.05, 3.63) is 72.4 Å². The van der Waals surface area contributed by atoms with Crippen molar-refractivity contribution in [3.63, 3.8) is 0 Å². The van der Waals surface area contributed by atoms with Crippen LogP contribution >= 0.6 is 0 Å². The van der Waals surface area contributed by atoms with Gasteiger partial charge < -0.3 is 23.7 Å². The number of carbonyl (C=O) groups is 1. The minimum absolute atomic E-state index is 0.128. The van der Waals surface area contributed by atoms with Gasteiger partial charge in [-0.1, -0.05) is 18.2 Å². The number of hydrogen-bond donors (Lipinski definition) is 0. The predicted molar refractivity (Wildman–Crippen MR) is 121 cm³/mol. The molecule has 4 rings (SSSR count). The van der Waals surface area contributed by atoms with E-state index in [1.807, 2.05) is 53.4 Å². The van der Waals surface area contributed by atoms with Crippen LogP contribution in [-0.2, 0) is 29.1 Å². The zero-order chi connectivity index (χ0) is 21.6. The Kier molecular flexibility index (Phi) is 6.57. The van der Waals surface area contributed by atoms with Crippen LogP contribution < -0.4 is 9.47 Å². The second-order valence-electron chi connectivity index (χ2n) is 7.58. The molecule has 0 saturated carbocycles. The van der Waals surface area contributed by atoms with E-state index >= 15 is 0 Å². The fourth-order valence-electron chi connectivity index (χ4n) is 3.89. The normalized spacial score (nSPS) is 13.9. The second-order valence-corrected chi connectivity index (χ2v) is 7.58. The fraction of sp³-hybridized carbons (Fsp3) is 0.320. The molecule has 1 amide bonds. The molecular formula is C25H28N2O4. The summed E-state index contributed by atoms with van der Waals surface area (Å²) < 4.78 is 18.8. The number of amides is 1. The summed E-state index contributed by atoms with van der Waals surface area (Å²) in [4.78, 5) is 14.7. The van der Waals surface area contributed by atoms with E-state index in [2.05, 4.69) is 17.3 Å². The predicted octanol–water partition coefficient (Wildman–Crippen LogP) is 3.82. The number of aromatic nitrogens is 1. The Morgan fingerprint density at radius 2 is 2.00 bits per heavy atom. The Labute approximate surface area is 182 Å². The Hall–Kier alpha value is -3.25. The Morgan fingerprint density at radius 3 is 2.77 bits per heavy atom. The summed E-state index contributed by atoms with van der Waals surface area (Å²) in [6.07, 6.45) is 4.27. The number of morpholine rings is 1. The monoisotopic (exact) mass is 420 g/mol. The molecule has 6 nitrogen and oxygen atoms in total. The summed E-state index contributed by atoms with van der Waals surface area (Å²) in [5, 5.41) is 1.03. The van der Waals surface area contributed by atoms with Crippen LogP contribution in [0.2, 0.25) is 0 Å². The number of methoxy groups -OCH3 is 1. The van der Waals surface area contributed by atoms with E-state index in [0.717, 1.165) is 33.5 Å². The molecule has 0 radical (unpaired) electrons. The van der Waals surface area contributed by atoms with Crippen molar-refractivity contribution >= 4 is 16.8 Å². The van der Waals surface area contributed by atoms with Crippen molar-refractivity contribution in [1.82, 2.24) is 9.47 Å². The molecule has 0 bridgehead atoms. The number of nitrogens with zero attached hydrogens (tertiary/aromatic N) is 2. The number of ether oxygens (including phenoxy) is 3. The zero-order valence-electron chi connectivity index (χ0n) is 17.9. The molecule has 0 aliphatic carbocycles. The minimum Gasteiger partial charge on any atom is -0.497 e. The topological polar surface area (TPSA) is 52.9 Å². The lowest BCUT2D eigenvalue weighted by atomic mass is 10.1. The summed E-state index contributed by atoms with van der Waals surface area (Å²) in [5.41, 5.74) is 3.10. The highest BCUT2D eigenvalue weighted by molar-refractivity contribution is 5.90. The lowest BCUT2D eigenvalue weighted by molar-refractivity contribution is -0.134. The van der Waals surface area contributed by atoms with Gasteiger partial charge in [0.25, 0.3) is 0 Å². The molecule has 3 aromatic rings. The first kappa shape index (κ1) is 21.0. The molecule has 2 heterocycles. The molecule has 0 spiro atoms. The van der Waals surface area contributed by atoms with Gasteiger partial charge in [-0.3, -0.25) is 4.79 Å². The highest BCUT2D eigenvalue weighted by Gasteiger charge is 2.19. The molecular weight excluding hydrogens is 392 g/mol. The second kappa shape index (κ2) is 9.71. The standard InChI is InChI=1S/C25H28N2O4/c1-3-9-27-17-20(15-25(28)26-10-12-30-13-11-26)23-16-22(7-8-24(23)27)31-18-19-5-4-6-21(14-19)29-2/h3-8,14,16-17H,1,9-13,15,18H2,2H3. The van der Waals surface area contributed by atoms with Gasteiger partial charge in [-0.2, -0.15) is 0 Å². The molecule has 1 aliphatic heterocycles. The molecule has 162 valence electrons. The van der Waals surface area contributed by atoms with Crippen LogP contribution in [0.25, 0.3) is 10.9 Å². The lowest BCUT2D eigenvalue weighted by Gasteiger charge is -2.26. The number of carbonyl (C=O) groups excluding carboxylic acids is 1. The quantitative estimate of drug-likeness (QED) is 0.520. The summed E-state index contributed by atoms with van der Waals surface area (Å²) in [7, 11) is 1.65. The summed E-state index contributed by atoms with van der Waals surface area (Å²) >= 11 is 0. The Morgan fingerprint density at radius 1 is 1.16 bits per heavy atom. The van der Waals surface area contributed by atoms with Gasteiger partial charge in [0.2, 0.25) is 5.91 Å². The van der Waals surface area contributed by atoms with E-state index in [0.29, 0.717) is 45.9 Å². The molecule has 2 aromatic carbocycles. The molecule has 31 heavy (non-hydrogen) atoms. The minimum atomic E-state index is 0.128. The number of hydrogen-bond acceptors (Lipinski definition) is 4. The van der Waals surface area contributed by atoms with Crippen molar-refractivity contribution in [3.8, 4) is 11.5 Å². The average Bonchev–Trinajstić information content (AvgIpc) is 3.15. The third-order valence-electron chi connectivity index (χ3n) is 5.51. The van der Waals surface area contributed by atoms with Crippen molar-refractivity contribution in [2.45, 2.75) is 19.6 Å². The van der Waals surface area contributed by atoms with Crippen LogP contribution in [-0.4, -0.2) is 48.8 Å². The van der Waals surface area contributed by atoms with E-state index < -0.39 is 0 Å². The van der Waals surface area contributed by atoms with Crippen molar-refractivity contribution in [1.29, 1.82) is 0 Å². The third-order valence-corrected chi connectivity index (χ3v) is 5.51. The molecule has 0 unspecified atom stereocenters. The summed E-state index contributed by atoms with van der Waals surface area (Å²) in [5.74, 6) is 1.71. The van der Waals surface area contributed by atoms with Crippen LogP contribution in [0.15, 0.2) is 61.3 Å². The highest BCUT2D eigenvalue weighted by atomic mass is 16.5. The molecule has 1 aromatic heterocycles. The van der Waals surface area contributed by atoms with Crippen LogP contribution in [0.1, 0.15) is 11.1 Å². The van der Waals surface area contributed by atoms with E-state index in [1.54, 1.807) is 7.11 Å². The average molecular weight is 421 g/mol. The van der Waals surface area contributed by atoms with Crippen LogP contribution in [0, 0.1) is 0 Å². The number of allylic oxidation sites excluding steroid dienone is 1. The van der Waals surface area contributed by atoms with Gasteiger partial charge in [0, 0.05) is 36.7 Å². The van der Waals surface area contributed by atoms with E-state index in [4.69, 9.17) is 14.2 Å². The lowest BCUT2D eigenvalue weighted by Crippen LogP contribution is -2.41. The molecule has 1 saturated heterocycles. The maximum absolute atomic E-state index is 12.8. The third kappa shape index (κ3) is 4.91. The fourth-order valence-corrected chi connectivity index (χ4v) is 3.89. The van der Waals surface area contributed by atoms with Gasteiger partial charge in [0.1, 0.15) is 18.1 Å². The van der Waals surface area contributed by atoms with E-state index in [-0.39, 0.29) is 5.91 Å². The maximum atomic E-state index is 12.8. The Bertz CT molecular complexity index is 1070. The van der Waals surface area contributed by atoms with Gasteiger partial charge >= 0.3 is 0 Å². The van der Waals surface area contributed by atoms with Gasteiger partial charge in [-0.05, 0) is 41.5 Å². The molecule has 1 aliphatic rings. The van der Waals surface area contributed by atoms with Crippen molar-refractivity contribution in [2.24, 2.45) is 0 Å². The van der Waals surface area contributed by atoms with Crippen molar-refractivity contribution in [2.75, 3.05) is 33.4 Å². The molecule has 0 atom stereocenters. The van der Waals surface area contributed by atoms with Gasteiger partial charge in [0.15, 0.2) is 0 Å². The van der Waals surface area contributed by atoms with Crippen LogP contribution in [0.5, 0.6) is 11.5 Å². The van der Waals surface area contributed by atoms with Crippen LogP contribution in [0.4, 0.5) is 0 Å². The highest BCUT2D eigenvalue weighted by Crippen LogP contribution is 2.28. The summed E-state index contributed by atoms with van der Waals surface area (Å²) in [6.45, 7) is 7.50. The molecule has 0 N–H and O–H groups in total. The number of benzene rings is 2. The number of fused-ring (bicyclic) bond motifs is 1. The number of rotatable bonds is 8. The SMILES string of the molecule is C=CCn1cc(CC(=O)N2CCOCC2)c2cc(OCc3cccc(OC)c3)ccc21. The summed E-state index contributed by atoms with van der Waals surface area (Å²) in [6, 6.07) is 13.9. The smallest absolute Gasteiger partial charge is 0.227 e. The molecule has 6 heteroatoms. The first-order valence-electron chi connectivity index (χ1n) is 10.5. The largest absolute Gasteiger partial charge is 0.497 e. The van der Waals surface area contributed by atoms with E-state index in [9.17, 15) is 4.79 Å². The van der Waals surface area contributed by atoms with Gasteiger partial charge in [-0.15, -0.1) is 6.58 Å². The van der Waals surface area contributed by atoms with Gasteiger partial charge in [0.05, 0.1) is 26.7 Å². The van der Waals surface area contributed by atoms with Crippen molar-refractivity contribution < 1.29 is 19.0 Å².